The zero-order valence-electron chi connectivity index (χ0n) is 12.2. The highest BCUT2D eigenvalue weighted by atomic mass is 19.1. The minimum Gasteiger partial charge on any atom is -0.376 e. The van der Waals surface area contributed by atoms with Crippen LogP contribution in [0.25, 0.3) is 0 Å². The van der Waals surface area contributed by atoms with E-state index in [4.69, 9.17) is 4.74 Å². The van der Waals surface area contributed by atoms with Crippen LogP contribution in [0.3, 0.4) is 0 Å². The summed E-state index contributed by atoms with van der Waals surface area (Å²) in [6.07, 6.45) is 2.06. The van der Waals surface area contributed by atoms with Gasteiger partial charge in [0.25, 0.3) is 0 Å². The number of carbonyl (C=O) groups is 2. The Hall–Kier alpha value is -2.01. The van der Waals surface area contributed by atoms with Gasteiger partial charge in [0.1, 0.15) is 6.17 Å². The van der Waals surface area contributed by atoms with Crippen molar-refractivity contribution in [3.05, 3.63) is 48.2 Å². The monoisotopic (exact) mass is 303 g/mol. The van der Waals surface area contributed by atoms with Crippen LogP contribution >= 0.6 is 0 Å². The third-order valence-corrected chi connectivity index (χ3v) is 4.20. The number of ether oxygens (including phenoxy) is 1. The van der Waals surface area contributed by atoms with Crippen molar-refractivity contribution in [2.75, 3.05) is 6.61 Å². The van der Waals surface area contributed by atoms with Crippen LogP contribution in [0, 0.1) is 5.92 Å². The van der Waals surface area contributed by atoms with Gasteiger partial charge in [-0.2, -0.15) is 0 Å². The summed E-state index contributed by atoms with van der Waals surface area (Å²) in [5.41, 5.74) is 1.06. The van der Waals surface area contributed by atoms with Crippen LogP contribution in [0.5, 0.6) is 0 Å². The van der Waals surface area contributed by atoms with Gasteiger partial charge in [-0.25, -0.2) is 4.39 Å². The summed E-state index contributed by atoms with van der Waals surface area (Å²) in [7, 11) is 0. The first-order valence-electron chi connectivity index (χ1n) is 7.43. The van der Waals surface area contributed by atoms with Crippen molar-refractivity contribution in [3.8, 4) is 0 Å². The number of rotatable bonds is 5. The van der Waals surface area contributed by atoms with E-state index in [1.54, 1.807) is 0 Å². The van der Waals surface area contributed by atoms with Crippen LogP contribution in [0.15, 0.2) is 42.6 Å². The molecule has 1 amide bonds. The van der Waals surface area contributed by atoms with Crippen molar-refractivity contribution >= 4 is 11.7 Å². The minimum atomic E-state index is -1.10. The van der Waals surface area contributed by atoms with Crippen LogP contribution in [0.4, 0.5) is 4.39 Å². The van der Waals surface area contributed by atoms with E-state index in [0.29, 0.717) is 19.6 Å². The van der Waals surface area contributed by atoms with E-state index in [2.05, 4.69) is 0 Å². The lowest BCUT2D eigenvalue weighted by molar-refractivity contribution is -0.141. The van der Waals surface area contributed by atoms with Crippen molar-refractivity contribution in [2.45, 2.75) is 31.7 Å². The Kier molecular flexibility index (Phi) is 4.34. The van der Waals surface area contributed by atoms with Crippen molar-refractivity contribution in [1.82, 2.24) is 4.90 Å². The van der Waals surface area contributed by atoms with Crippen LogP contribution < -0.4 is 0 Å². The number of halogens is 1. The maximum atomic E-state index is 14.2. The quantitative estimate of drug-likeness (QED) is 0.784. The van der Waals surface area contributed by atoms with Crippen molar-refractivity contribution in [1.29, 1.82) is 0 Å². The zero-order chi connectivity index (χ0) is 15.5. The number of nitrogens with zero attached hydrogens (tertiary/aromatic N) is 1. The van der Waals surface area contributed by atoms with Gasteiger partial charge in [0.05, 0.1) is 25.7 Å². The maximum Gasteiger partial charge on any atom is 0.234 e. The normalized spacial score (nSPS) is 27.9. The average Bonchev–Trinajstić information content (AvgIpc) is 2.52. The topological polar surface area (TPSA) is 46.6 Å². The summed E-state index contributed by atoms with van der Waals surface area (Å²) in [6.45, 7) is 0.809. The lowest BCUT2D eigenvalue weighted by atomic mass is 9.77. The molecule has 1 aliphatic heterocycles. The first kappa shape index (κ1) is 14.9. The highest BCUT2D eigenvalue weighted by Crippen LogP contribution is 2.36. The van der Waals surface area contributed by atoms with E-state index < -0.39 is 12.2 Å². The highest BCUT2D eigenvalue weighted by Gasteiger charge is 2.46. The molecule has 1 unspecified atom stereocenters. The molecule has 1 aromatic rings. The van der Waals surface area contributed by atoms with Crippen LogP contribution in [-0.2, 0) is 20.9 Å². The van der Waals surface area contributed by atoms with E-state index >= 15 is 0 Å². The van der Waals surface area contributed by atoms with E-state index in [1.165, 1.54) is 17.2 Å². The Morgan fingerprint density at radius 2 is 2.00 bits per heavy atom. The largest absolute Gasteiger partial charge is 0.376 e. The molecular weight excluding hydrogens is 285 g/mol. The number of benzene rings is 1. The molecule has 3 rings (SSSR count). The second kappa shape index (κ2) is 6.40. The van der Waals surface area contributed by atoms with Gasteiger partial charge in [0, 0.05) is 12.1 Å². The molecule has 0 spiro atoms. The molecule has 4 nitrogen and oxygen atoms in total. The van der Waals surface area contributed by atoms with E-state index in [-0.39, 0.29) is 24.0 Å². The van der Waals surface area contributed by atoms with Crippen molar-refractivity contribution in [2.24, 2.45) is 5.92 Å². The van der Waals surface area contributed by atoms with Gasteiger partial charge in [-0.1, -0.05) is 30.3 Å². The molecule has 1 aliphatic carbocycles. The Morgan fingerprint density at radius 1 is 1.23 bits per heavy atom. The second-order valence-electron chi connectivity index (χ2n) is 5.77. The summed E-state index contributed by atoms with van der Waals surface area (Å²) >= 11 is 0. The Balaban J connectivity index is 1.46. The predicted octanol–water partition coefficient (Wildman–Crippen LogP) is 2.24. The van der Waals surface area contributed by atoms with Gasteiger partial charge in [-0.15, -0.1) is 0 Å². The zero-order valence-corrected chi connectivity index (χ0v) is 12.2. The molecule has 0 radical (unpaired) electrons. The minimum absolute atomic E-state index is 0.158. The first-order chi connectivity index (χ1) is 10.6. The molecule has 0 N–H and O–H groups in total. The van der Waals surface area contributed by atoms with E-state index in [9.17, 15) is 14.0 Å². The molecule has 5 heteroatoms. The number of hydrogen-bond donors (Lipinski definition) is 0. The van der Waals surface area contributed by atoms with Crippen molar-refractivity contribution < 1.29 is 18.7 Å². The average molecular weight is 303 g/mol. The van der Waals surface area contributed by atoms with E-state index in [1.807, 2.05) is 30.3 Å². The second-order valence-corrected chi connectivity index (χ2v) is 5.77. The molecule has 116 valence electrons. The fourth-order valence-electron chi connectivity index (χ4n) is 2.86. The van der Waals surface area contributed by atoms with Gasteiger partial charge < -0.3 is 9.64 Å². The summed E-state index contributed by atoms with van der Waals surface area (Å²) in [4.78, 5) is 24.2. The third kappa shape index (κ3) is 3.09. The van der Waals surface area contributed by atoms with Crippen LogP contribution in [0.1, 0.15) is 18.4 Å². The molecule has 1 fully saturated rings. The maximum absolute atomic E-state index is 14.2. The smallest absolute Gasteiger partial charge is 0.234 e. The summed E-state index contributed by atoms with van der Waals surface area (Å²) in [6, 6.07) is 9.28. The van der Waals surface area contributed by atoms with Gasteiger partial charge >= 0.3 is 0 Å². The SMILES string of the molecule is O=C1C=CN([C@@H]2C[C@H](COCc3ccccc3)C2F)C(=O)C1. The molecule has 1 aromatic carbocycles. The summed E-state index contributed by atoms with van der Waals surface area (Å²) in [5.74, 6) is -0.727. The number of carbonyl (C=O) groups excluding carboxylic acids is 2. The Labute approximate surface area is 128 Å². The van der Waals surface area contributed by atoms with Gasteiger partial charge in [0.2, 0.25) is 5.91 Å². The number of ketones is 1. The molecule has 1 saturated carbocycles. The molecular formula is C17H18FNO3. The number of allylic oxidation sites excluding steroid dienone is 1. The molecule has 0 saturated heterocycles. The van der Waals surface area contributed by atoms with Gasteiger partial charge in [-0.3, -0.25) is 9.59 Å². The summed E-state index contributed by atoms with van der Waals surface area (Å²) in [5, 5.41) is 0. The van der Waals surface area contributed by atoms with Crippen LogP contribution in [-0.4, -0.2) is 35.4 Å². The molecule has 3 atom stereocenters. The predicted molar refractivity (Wildman–Crippen MR) is 78.5 cm³/mol. The molecule has 0 bridgehead atoms. The molecule has 1 heterocycles. The Morgan fingerprint density at radius 3 is 2.68 bits per heavy atom. The van der Waals surface area contributed by atoms with Crippen LogP contribution in [0.2, 0.25) is 0 Å². The Bertz CT molecular complexity index is 587. The lowest BCUT2D eigenvalue weighted by Crippen LogP contribution is -2.56. The standard InChI is InChI=1S/C17H18FNO3/c18-17-13(11-22-10-12-4-2-1-3-5-12)8-15(17)19-7-6-14(20)9-16(19)21/h1-7,13,15,17H,8-11H2/t13-,15-,17?/m1/s1. The summed E-state index contributed by atoms with van der Waals surface area (Å²) < 4.78 is 19.8. The molecule has 22 heavy (non-hydrogen) atoms. The number of alkyl halides is 1. The van der Waals surface area contributed by atoms with Gasteiger partial charge in [0.15, 0.2) is 5.78 Å². The molecule has 2 aliphatic rings. The van der Waals surface area contributed by atoms with Crippen molar-refractivity contribution in [3.63, 3.8) is 0 Å². The lowest BCUT2D eigenvalue weighted by Gasteiger charge is -2.45. The first-order valence-corrected chi connectivity index (χ1v) is 7.43. The number of hydrogen-bond acceptors (Lipinski definition) is 3. The molecule has 0 aromatic heterocycles. The fourth-order valence-corrected chi connectivity index (χ4v) is 2.86. The number of amides is 1. The van der Waals surface area contributed by atoms with E-state index in [0.717, 1.165) is 5.56 Å². The highest BCUT2D eigenvalue weighted by molar-refractivity contribution is 6.06. The fraction of sp³-hybridized carbons (Fsp3) is 0.412. The third-order valence-electron chi connectivity index (χ3n) is 4.20. The van der Waals surface area contributed by atoms with Gasteiger partial charge in [-0.05, 0) is 18.1 Å².